The first kappa shape index (κ1) is 18.9. The van der Waals surface area contributed by atoms with Crippen LogP contribution in [0, 0.1) is 0 Å². The van der Waals surface area contributed by atoms with Crippen molar-refractivity contribution in [1.82, 2.24) is 10.2 Å². The Morgan fingerprint density at radius 1 is 1.22 bits per heavy atom. The maximum atomic E-state index is 12.2. The molecule has 2 amide bonds. The summed E-state index contributed by atoms with van der Waals surface area (Å²) >= 11 is 0. The summed E-state index contributed by atoms with van der Waals surface area (Å²) in [5.74, 6) is -2.34. The standard InChI is InChI=1S/C15H24N2O6/c1-5-22-13(20)12(19)16-9-11(18)10-7-6-8-17(10)14(21)23-15(2,3)4/h10H,5-9H2,1-4H3,(H,16,19)/t10-/m0/s1. The zero-order valence-electron chi connectivity index (χ0n) is 14.0. The highest BCUT2D eigenvalue weighted by molar-refractivity contribution is 6.32. The lowest BCUT2D eigenvalue weighted by molar-refractivity contribution is -0.154. The predicted octanol–water partition coefficient (Wildman–Crippen LogP) is 0.634. The minimum absolute atomic E-state index is 0.0786. The molecule has 0 saturated carbocycles. The third kappa shape index (κ3) is 5.88. The second-order valence-corrected chi connectivity index (χ2v) is 6.20. The lowest BCUT2D eigenvalue weighted by atomic mass is 10.1. The Morgan fingerprint density at radius 2 is 1.87 bits per heavy atom. The monoisotopic (exact) mass is 328 g/mol. The molecule has 1 saturated heterocycles. The number of nitrogens with one attached hydrogen (secondary N) is 1. The molecule has 1 atom stereocenters. The number of ketones is 1. The van der Waals surface area contributed by atoms with Crippen molar-refractivity contribution in [3.05, 3.63) is 0 Å². The third-order valence-corrected chi connectivity index (χ3v) is 3.14. The molecule has 1 aliphatic heterocycles. The molecule has 1 aliphatic rings. The molecule has 130 valence electrons. The SMILES string of the molecule is CCOC(=O)C(=O)NCC(=O)[C@@H]1CCCN1C(=O)OC(C)(C)C. The molecule has 1 heterocycles. The van der Waals surface area contributed by atoms with Crippen molar-refractivity contribution in [3.63, 3.8) is 0 Å². The van der Waals surface area contributed by atoms with E-state index in [1.807, 2.05) is 0 Å². The second kappa shape index (κ2) is 7.94. The molecule has 1 N–H and O–H groups in total. The van der Waals surface area contributed by atoms with Gasteiger partial charge in [0.25, 0.3) is 0 Å². The second-order valence-electron chi connectivity index (χ2n) is 6.20. The minimum atomic E-state index is -1.03. The Hall–Kier alpha value is -2.12. The van der Waals surface area contributed by atoms with Crippen LogP contribution in [0.1, 0.15) is 40.5 Å². The Morgan fingerprint density at radius 3 is 2.43 bits per heavy atom. The van der Waals surface area contributed by atoms with Crippen LogP contribution in [0.5, 0.6) is 0 Å². The summed E-state index contributed by atoms with van der Waals surface area (Å²) < 4.78 is 9.80. The van der Waals surface area contributed by atoms with E-state index in [9.17, 15) is 19.2 Å². The number of hydrogen-bond acceptors (Lipinski definition) is 6. The number of likely N-dealkylation sites (tertiary alicyclic amines) is 1. The summed E-state index contributed by atoms with van der Waals surface area (Å²) in [7, 11) is 0. The van der Waals surface area contributed by atoms with Crippen LogP contribution < -0.4 is 5.32 Å². The van der Waals surface area contributed by atoms with Crippen LogP contribution in [0.4, 0.5) is 4.79 Å². The summed E-state index contributed by atoms with van der Waals surface area (Å²) in [5.41, 5.74) is -0.647. The number of ether oxygens (including phenoxy) is 2. The molecule has 1 rings (SSSR count). The average molecular weight is 328 g/mol. The molecule has 23 heavy (non-hydrogen) atoms. The smallest absolute Gasteiger partial charge is 0.410 e. The topological polar surface area (TPSA) is 102 Å². The summed E-state index contributed by atoms with van der Waals surface area (Å²) in [4.78, 5) is 48.2. The van der Waals surface area contributed by atoms with Gasteiger partial charge in [-0.2, -0.15) is 0 Å². The highest BCUT2D eigenvalue weighted by Gasteiger charge is 2.36. The van der Waals surface area contributed by atoms with Gasteiger partial charge in [0.2, 0.25) is 0 Å². The lowest BCUT2D eigenvalue weighted by Gasteiger charge is -2.27. The van der Waals surface area contributed by atoms with Gasteiger partial charge in [0.05, 0.1) is 19.2 Å². The van der Waals surface area contributed by atoms with Gasteiger partial charge in [-0.15, -0.1) is 0 Å². The van der Waals surface area contributed by atoms with Gasteiger partial charge in [-0.3, -0.25) is 14.5 Å². The molecular weight excluding hydrogens is 304 g/mol. The van der Waals surface area contributed by atoms with Crippen molar-refractivity contribution in [3.8, 4) is 0 Å². The van der Waals surface area contributed by atoms with Gasteiger partial charge in [0.1, 0.15) is 5.60 Å². The van der Waals surface area contributed by atoms with Crippen LogP contribution in [-0.4, -0.2) is 60.0 Å². The van der Waals surface area contributed by atoms with E-state index >= 15 is 0 Å². The van der Waals surface area contributed by atoms with E-state index in [4.69, 9.17) is 4.74 Å². The molecule has 0 aromatic carbocycles. The van der Waals surface area contributed by atoms with Crippen molar-refractivity contribution in [2.24, 2.45) is 0 Å². The first-order valence-corrected chi connectivity index (χ1v) is 7.63. The zero-order valence-corrected chi connectivity index (χ0v) is 14.0. The first-order chi connectivity index (χ1) is 10.7. The van der Waals surface area contributed by atoms with Crippen molar-refractivity contribution < 1.29 is 28.7 Å². The summed E-state index contributed by atoms with van der Waals surface area (Å²) in [6, 6.07) is -0.646. The summed E-state index contributed by atoms with van der Waals surface area (Å²) in [6.07, 6.45) is 0.638. The molecule has 1 fully saturated rings. The zero-order chi connectivity index (χ0) is 17.6. The normalized spacial score (nSPS) is 17.6. The van der Waals surface area contributed by atoms with Crippen LogP contribution in [-0.2, 0) is 23.9 Å². The van der Waals surface area contributed by atoms with Crippen molar-refractivity contribution in [1.29, 1.82) is 0 Å². The predicted molar refractivity (Wildman–Crippen MR) is 80.6 cm³/mol. The molecule has 0 unspecified atom stereocenters. The van der Waals surface area contributed by atoms with Crippen molar-refractivity contribution in [2.45, 2.75) is 52.2 Å². The molecule has 0 bridgehead atoms. The van der Waals surface area contributed by atoms with Crippen LogP contribution in [0.3, 0.4) is 0 Å². The molecule has 0 aliphatic carbocycles. The third-order valence-electron chi connectivity index (χ3n) is 3.14. The van der Waals surface area contributed by atoms with Gasteiger partial charge in [-0.1, -0.05) is 0 Å². The van der Waals surface area contributed by atoms with E-state index in [0.717, 1.165) is 0 Å². The van der Waals surface area contributed by atoms with Gasteiger partial charge < -0.3 is 14.8 Å². The van der Waals surface area contributed by atoms with Gasteiger partial charge in [0.15, 0.2) is 5.78 Å². The van der Waals surface area contributed by atoms with Crippen molar-refractivity contribution >= 4 is 23.8 Å². The Kier molecular flexibility index (Phi) is 6.53. The Labute approximate surface area is 135 Å². The van der Waals surface area contributed by atoms with Gasteiger partial charge >= 0.3 is 18.0 Å². The lowest BCUT2D eigenvalue weighted by Crippen LogP contribution is -2.47. The minimum Gasteiger partial charge on any atom is -0.459 e. The molecule has 8 heteroatoms. The Balaban J connectivity index is 2.56. The number of carbonyl (C=O) groups excluding carboxylic acids is 4. The number of amides is 2. The van der Waals surface area contributed by atoms with E-state index in [1.165, 1.54) is 4.90 Å². The number of carbonyl (C=O) groups is 4. The molecule has 0 radical (unpaired) electrons. The number of Topliss-reactive ketones (excluding diaryl/α,β-unsaturated/α-hetero) is 1. The number of esters is 1. The highest BCUT2D eigenvalue weighted by atomic mass is 16.6. The highest BCUT2D eigenvalue weighted by Crippen LogP contribution is 2.21. The maximum absolute atomic E-state index is 12.2. The number of nitrogens with zero attached hydrogens (tertiary/aromatic N) is 1. The van der Waals surface area contributed by atoms with E-state index in [2.05, 4.69) is 10.1 Å². The largest absolute Gasteiger partial charge is 0.459 e. The summed E-state index contributed by atoms with van der Waals surface area (Å²) in [5, 5.41) is 2.21. The van der Waals surface area contributed by atoms with Crippen LogP contribution in [0.2, 0.25) is 0 Å². The van der Waals surface area contributed by atoms with E-state index < -0.39 is 29.6 Å². The fourth-order valence-electron chi connectivity index (χ4n) is 2.19. The molecule has 8 nitrogen and oxygen atoms in total. The molecule has 0 spiro atoms. The van der Waals surface area contributed by atoms with Crippen LogP contribution in [0.15, 0.2) is 0 Å². The first-order valence-electron chi connectivity index (χ1n) is 7.63. The Bertz CT molecular complexity index is 483. The van der Waals surface area contributed by atoms with E-state index in [0.29, 0.717) is 19.4 Å². The number of rotatable bonds is 4. The fraction of sp³-hybridized carbons (Fsp3) is 0.733. The average Bonchev–Trinajstić information content (AvgIpc) is 2.92. The number of hydrogen-bond donors (Lipinski definition) is 1. The van der Waals surface area contributed by atoms with Gasteiger partial charge in [0, 0.05) is 6.54 Å². The van der Waals surface area contributed by atoms with Crippen LogP contribution in [0.25, 0.3) is 0 Å². The maximum Gasteiger partial charge on any atom is 0.410 e. The fourth-order valence-corrected chi connectivity index (χ4v) is 2.19. The van der Waals surface area contributed by atoms with Crippen LogP contribution >= 0.6 is 0 Å². The van der Waals surface area contributed by atoms with Gasteiger partial charge in [-0.05, 0) is 40.5 Å². The van der Waals surface area contributed by atoms with Gasteiger partial charge in [-0.25, -0.2) is 9.59 Å². The van der Waals surface area contributed by atoms with E-state index in [-0.39, 0.29) is 18.9 Å². The quantitative estimate of drug-likeness (QED) is 0.600. The molecular formula is C15H24N2O6. The molecule has 0 aromatic heterocycles. The summed E-state index contributed by atoms with van der Waals surface area (Å²) in [6.45, 7) is 6.99. The van der Waals surface area contributed by atoms with Crippen molar-refractivity contribution in [2.75, 3.05) is 19.7 Å². The van der Waals surface area contributed by atoms with E-state index in [1.54, 1.807) is 27.7 Å². The molecule has 0 aromatic rings.